The summed E-state index contributed by atoms with van der Waals surface area (Å²) in [5.41, 5.74) is 5.28. The molecule has 3 aromatic heterocycles. The zero-order chi connectivity index (χ0) is 23.1. The minimum Gasteiger partial charge on any atom is -0.267 e. The molecule has 6 heteroatoms. The van der Waals surface area contributed by atoms with Gasteiger partial charge in [-0.25, -0.2) is 14.1 Å². The number of aromatic nitrogens is 4. The van der Waals surface area contributed by atoms with Crippen LogP contribution in [0.1, 0.15) is 49.8 Å². The second-order valence-corrected chi connectivity index (χ2v) is 12.1. The number of benzene rings is 2. The highest BCUT2D eigenvalue weighted by Gasteiger charge is 2.53. The van der Waals surface area contributed by atoms with E-state index in [0.29, 0.717) is 0 Å². The van der Waals surface area contributed by atoms with Crippen molar-refractivity contribution in [2.45, 2.75) is 43.9 Å². The Morgan fingerprint density at radius 2 is 1.60 bits per heavy atom. The standard InChI is InChI=1S/C29H26N4OS/c34-27-25(35-28-30-23-8-4-5-9-24(23)33(27)28)13-21-17-32(22-6-2-1-3-7-22)31-26(21)29-14-18-10-19(15-29)12-20(11-18)16-29/h1-9,13,17-20H,10-12,14-16H2/b25-13-. The minimum atomic E-state index is 0.0163. The lowest BCUT2D eigenvalue weighted by Crippen LogP contribution is -2.49. The topological polar surface area (TPSA) is 52.2 Å². The SMILES string of the molecule is O=c1/c(=C/c2cn(-c3ccccc3)nc2C23CC4CC(CC(C4)C2)C3)sc2nc3ccccc3n12. The van der Waals surface area contributed by atoms with Gasteiger partial charge in [0.2, 0.25) is 0 Å². The lowest BCUT2D eigenvalue weighted by molar-refractivity contribution is -0.00743. The molecule has 4 saturated carbocycles. The molecule has 5 nitrogen and oxygen atoms in total. The summed E-state index contributed by atoms with van der Waals surface area (Å²) in [6.45, 7) is 0. The molecule has 0 radical (unpaired) electrons. The summed E-state index contributed by atoms with van der Waals surface area (Å²) >= 11 is 1.48. The molecule has 4 aliphatic rings. The molecule has 9 rings (SSSR count). The molecule has 0 spiro atoms. The second-order valence-electron chi connectivity index (χ2n) is 11.0. The summed E-state index contributed by atoms with van der Waals surface area (Å²) in [6, 6.07) is 18.2. The van der Waals surface area contributed by atoms with Crippen molar-refractivity contribution in [1.29, 1.82) is 0 Å². The molecule has 0 saturated heterocycles. The van der Waals surface area contributed by atoms with Gasteiger partial charge in [-0.05, 0) is 86.6 Å². The van der Waals surface area contributed by atoms with Crippen molar-refractivity contribution >= 4 is 33.4 Å². The Labute approximate surface area is 206 Å². The molecule has 174 valence electrons. The second kappa shape index (κ2) is 7.14. The molecule has 0 aliphatic heterocycles. The maximum Gasteiger partial charge on any atom is 0.274 e. The van der Waals surface area contributed by atoms with Gasteiger partial charge >= 0.3 is 0 Å². The smallest absolute Gasteiger partial charge is 0.267 e. The Hall–Kier alpha value is -3.25. The number of nitrogens with zero attached hydrogens (tertiary/aromatic N) is 4. The van der Waals surface area contributed by atoms with Crippen LogP contribution in [0.15, 0.2) is 65.6 Å². The van der Waals surface area contributed by atoms with Crippen molar-refractivity contribution in [1.82, 2.24) is 19.2 Å². The van der Waals surface area contributed by atoms with Crippen LogP contribution < -0.4 is 10.1 Å². The van der Waals surface area contributed by atoms with Gasteiger partial charge in [0, 0.05) is 17.2 Å². The highest BCUT2D eigenvalue weighted by atomic mass is 32.1. The Bertz CT molecular complexity index is 1670. The van der Waals surface area contributed by atoms with Crippen LogP contribution in [-0.4, -0.2) is 19.2 Å². The summed E-state index contributed by atoms with van der Waals surface area (Å²) in [7, 11) is 0. The van der Waals surface area contributed by atoms with Crippen molar-refractivity contribution in [2.75, 3.05) is 0 Å². The lowest BCUT2D eigenvalue weighted by atomic mass is 9.48. The van der Waals surface area contributed by atoms with E-state index >= 15 is 0 Å². The number of imidazole rings is 1. The zero-order valence-electron chi connectivity index (χ0n) is 19.4. The number of thiazole rings is 1. The first-order valence-corrected chi connectivity index (χ1v) is 13.5. The predicted octanol–water partition coefficient (Wildman–Crippen LogP) is 5.11. The lowest BCUT2D eigenvalue weighted by Gasteiger charge is -2.56. The molecule has 35 heavy (non-hydrogen) atoms. The Morgan fingerprint density at radius 1 is 0.914 bits per heavy atom. The Morgan fingerprint density at radius 3 is 2.34 bits per heavy atom. The van der Waals surface area contributed by atoms with Gasteiger partial charge in [0.05, 0.1) is 26.9 Å². The number of fused-ring (bicyclic) bond motifs is 3. The van der Waals surface area contributed by atoms with Crippen molar-refractivity contribution < 1.29 is 0 Å². The predicted molar refractivity (Wildman–Crippen MR) is 139 cm³/mol. The molecule has 4 bridgehead atoms. The summed E-state index contributed by atoms with van der Waals surface area (Å²) in [5, 5.41) is 5.25. The largest absolute Gasteiger partial charge is 0.274 e. The molecule has 0 N–H and O–H groups in total. The maximum absolute atomic E-state index is 13.5. The van der Waals surface area contributed by atoms with E-state index in [1.165, 1.54) is 55.6 Å². The quantitative estimate of drug-likeness (QED) is 0.362. The van der Waals surface area contributed by atoms with Gasteiger partial charge in [0.15, 0.2) is 4.96 Å². The first-order chi connectivity index (χ1) is 17.1. The summed E-state index contributed by atoms with van der Waals surface area (Å²) in [4.78, 5) is 19.0. The van der Waals surface area contributed by atoms with Gasteiger partial charge in [0.25, 0.3) is 5.56 Å². The third kappa shape index (κ3) is 2.95. The molecular formula is C29H26N4OS. The van der Waals surface area contributed by atoms with Crippen LogP contribution in [0.5, 0.6) is 0 Å². The van der Waals surface area contributed by atoms with Crippen LogP contribution in [0.25, 0.3) is 27.8 Å². The Kier molecular flexibility index (Phi) is 4.08. The minimum absolute atomic E-state index is 0.0163. The molecule has 3 heterocycles. The van der Waals surface area contributed by atoms with E-state index in [1.54, 1.807) is 4.40 Å². The van der Waals surface area contributed by atoms with E-state index < -0.39 is 0 Å². The highest BCUT2D eigenvalue weighted by molar-refractivity contribution is 7.15. The number of rotatable bonds is 3. The Balaban J connectivity index is 1.34. The van der Waals surface area contributed by atoms with Gasteiger partial charge in [-0.2, -0.15) is 5.10 Å². The van der Waals surface area contributed by atoms with E-state index in [9.17, 15) is 4.79 Å². The van der Waals surface area contributed by atoms with Gasteiger partial charge in [-0.1, -0.05) is 41.7 Å². The van der Waals surface area contributed by atoms with E-state index in [4.69, 9.17) is 10.1 Å². The van der Waals surface area contributed by atoms with Crippen LogP contribution >= 0.6 is 11.3 Å². The van der Waals surface area contributed by atoms with E-state index in [2.05, 4.69) is 36.5 Å². The van der Waals surface area contributed by atoms with Gasteiger partial charge in [-0.15, -0.1) is 0 Å². The third-order valence-corrected chi connectivity index (χ3v) is 9.70. The maximum atomic E-state index is 13.5. The van der Waals surface area contributed by atoms with Crippen LogP contribution in [0.3, 0.4) is 0 Å². The van der Waals surface area contributed by atoms with E-state index in [1.807, 2.05) is 35.0 Å². The first-order valence-electron chi connectivity index (χ1n) is 12.7. The molecule has 0 amide bonds. The zero-order valence-corrected chi connectivity index (χ0v) is 20.2. The third-order valence-electron chi connectivity index (χ3n) is 8.74. The van der Waals surface area contributed by atoms with Crippen LogP contribution in [0.2, 0.25) is 0 Å². The summed E-state index contributed by atoms with van der Waals surface area (Å²) in [6.07, 6.45) is 12.2. The fraction of sp³-hybridized carbons (Fsp3) is 0.345. The molecule has 4 fully saturated rings. The first kappa shape index (κ1) is 20.0. The van der Waals surface area contributed by atoms with E-state index in [-0.39, 0.29) is 11.0 Å². The summed E-state index contributed by atoms with van der Waals surface area (Å²) < 4.78 is 4.52. The molecule has 5 aromatic rings. The number of hydrogen-bond acceptors (Lipinski definition) is 4. The van der Waals surface area contributed by atoms with Crippen LogP contribution in [-0.2, 0) is 5.41 Å². The molecular weight excluding hydrogens is 452 g/mol. The normalized spacial score (nSPS) is 28.0. The highest BCUT2D eigenvalue weighted by Crippen LogP contribution is 2.61. The molecule has 2 aromatic carbocycles. The summed E-state index contributed by atoms with van der Waals surface area (Å²) in [5.74, 6) is 2.51. The molecule has 4 aliphatic carbocycles. The van der Waals surface area contributed by atoms with Crippen molar-refractivity contribution in [2.24, 2.45) is 17.8 Å². The number of para-hydroxylation sites is 3. The van der Waals surface area contributed by atoms with E-state index in [0.717, 1.165) is 49.5 Å². The molecule has 0 unspecified atom stereocenters. The average molecular weight is 479 g/mol. The van der Waals surface area contributed by atoms with Gasteiger partial charge in [0.1, 0.15) is 0 Å². The average Bonchev–Trinajstić information content (AvgIpc) is 3.53. The van der Waals surface area contributed by atoms with Gasteiger partial charge < -0.3 is 0 Å². The fourth-order valence-electron chi connectivity index (χ4n) is 7.77. The van der Waals surface area contributed by atoms with Gasteiger partial charge in [-0.3, -0.25) is 4.79 Å². The number of hydrogen-bond donors (Lipinski definition) is 0. The van der Waals surface area contributed by atoms with Crippen LogP contribution in [0, 0.1) is 17.8 Å². The van der Waals surface area contributed by atoms with Crippen molar-refractivity contribution in [3.63, 3.8) is 0 Å². The van der Waals surface area contributed by atoms with Crippen LogP contribution in [0.4, 0.5) is 0 Å². The monoisotopic (exact) mass is 478 g/mol. The fourth-order valence-corrected chi connectivity index (χ4v) is 8.75. The van der Waals surface area contributed by atoms with Crippen molar-refractivity contribution in [3.05, 3.63) is 86.9 Å². The van der Waals surface area contributed by atoms with Crippen molar-refractivity contribution in [3.8, 4) is 5.69 Å². The molecule has 0 atom stereocenters.